The number of ether oxygens (including phenoxy) is 1. The first-order chi connectivity index (χ1) is 11.1. The minimum Gasteiger partial charge on any atom is -0.490 e. The van der Waals surface area contributed by atoms with Crippen molar-refractivity contribution in [2.75, 3.05) is 6.61 Å². The molecule has 0 amide bonds. The summed E-state index contributed by atoms with van der Waals surface area (Å²) in [5, 5.41) is 17.8. The fourth-order valence-electron chi connectivity index (χ4n) is 2.33. The van der Waals surface area contributed by atoms with E-state index >= 15 is 0 Å². The molecule has 0 bridgehead atoms. The van der Waals surface area contributed by atoms with E-state index in [1.807, 2.05) is 12.1 Å². The lowest BCUT2D eigenvalue weighted by Crippen LogP contribution is -2.11. The van der Waals surface area contributed by atoms with Crippen LogP contribution >= 0.6 is 0 Å². The van der Waals surface area contributed by atoms with Crippen LogP contribution in [0.25, 0.3) is 11.5 Å². The van der Waals surface area contributed by atoms with Gasteiger partial charge in [0.15, 0.2) is 0 Å². The molecule has 0 aliphatic carbocycles. The first-order valence-electron chi connectivity index (χ1n) is 7.07. The Labute approximate surface area is 132 Å². The largest absolute Gasteiger partial charge is 0.490 e. The van der Waals surface area contributed by atoms with E-state index in [0.717, 1.165) is 0 Å². The summed E-state index contributed by atoms with van der Waals surface area (Å²) >= 11 is 0. The number of para-hydroxylation sites is 1. The summed E-state index contributed by atoms with van der Waals surface area (Å²) in [4.78, 5) is 0. The zero-order valence-electron chi connectivity index (χ0n) is 12.4. The number of aliphatic hydroxyl groups excluding tert-OH is 1. The van der Waals surface area contributed by atoms with Crippen LogP contribution in [-0.2, 0) is 0 Å². The highest BCUT2D eigenvalue weighted by Gasteiger charge is 2.15. The normalized spacial score (nSPS) is 12.1. The summed E-state index contributed by atoms with van der Waals surface area (Å²) in [6.07, 6.45) is 0.370. The molecule has 23 heavy (non-hydrogen) atoms. The maximum Gasteiger partial charge on any atom is 0.251 e. The topological polar surface area (TPSA) is 68.4 Å². The minimum absolute atomic E-state index is 0.0254. The average Bonchev–Trinajstić information content (AvgIpc) is 3.07. The Balaban J connectivity index is 1.76. The van der Waals surface area contributed by atoms with Crippen molar-refractivity contribution < 1.29 is 18.7 Å². The number of hydrogen-bond donors (Lipinski definition) is 1. The Morgan fingerprint density at radius 3 is 2.83 bits per heavy atom. The van der Waals surface area contributed by atoms with Crippen molar-refractivity contribution in [3.8, 4) is 17.2 Å². The number of rotatable bonds is 5. The third-order valence-corrected chi connectivity index (χ3v) is 3.47. The van der Waals surface area contributed by atoms with Gasteiger partial charge in [-0.15, -0.1) is 10.2 Å². The van der Waals surface area contributed by atoms with Crippen molar-refractivity contribution in [3.63, 3.8) is 0 Å². The molecule has 1 aromatic heterocycles. The van der Waals surface area contributed by atoms with E-state index in [4.69, 9.17) is 9.15 Å². The molecule has 2 aromatic carbocycles. The monoisotopic (exact) mass is 314 g/mol. The molecule has 1 heterocycles. The average molecular weight is 314 g/mol. The van der Waals surface area contributed by atoms with Gasteiger partial charge in [-0.2, -0.15) is 0 Å². The molecule has 3 aromatic rings. The van der Waals surface area contributed by atoms with E-state index in [2.05, 4.69) is 10.2 Å². The van der Waals surface area contributed by atoms with Crippen LogP contribution in [0.1, 0.15) is 17.2 Å². The molecule has 1 unspecified atom stereocenters. The van der Waals surface area contributed by atoms with Gasteiger partial charge in [0.25, 0.3) is 5.89 Å². The van der Waals surface area contributed by atoms with Crippen molar-refractivity contribution in [1.82, 2.24) is 10.2 Å². The highest BCUT2D eigenvalue weighted by molar-refractivity contribution is 5.62. The van der Waals surface area contributed by atoms with Gasteiger partial charge in [0.1, 0.15) is 24.3 Å². The van der Waals surface area contributed by atoms with E-state index in [9.17, 15) is 9.50 Å². The molecular formula is C17H15FN2O3. The summed E-state index contributed by atoms with van der Waals surface area (Å²) in [5.41, 5.74) is 1.95. The Kier molecular flexibility index (Phi) is 4.34. The van der Waals surface area contributed by atoms with E-state index < -0.39 is 6.10 Å². The van der Waals surface area contributed by atoms with Crippen LogP contribution in [0.5, 0.6) is 5.75 Å². The Morgan fingerprint density at radius 2 is 2.09 bits per heavy atom. The SMILES string of the molecule is Cc1cc(F)ccc1C(O)COc1ccccc1-c1nnco1. The number of aryl methyl sites for hydroxylation is 1. The first-order valence-corrected chi connectivity index (χ1v) is 7.07. The molecule has 118 valence electrons. The molecule has 0 fully saturated rings. The fourth-order valence-corrected chi connectivity index (χ4v) is 2.33. The molecule has 0 saturated heterocycles. The number of benzene rings is 2. The highest BCUT2D eigenvalue weighted by Crippen LogP contribution is 2.29. The highest BCUT2D eigenvalue weighted by atomic mass is 19.1. The predicted molar refractivity (Wildman–Crippen MR) is 81.3 cm³/mol. The molecule has 0 aliphatic rings. The zero-order chi connectivity index (χ0) is 16.2. The van der Waals surface area contributed by atoms with Crippen molar-refractivity contribution in [2.24, 2.45) is 0 Å². The quantitative estimate of drug-likeness (QED) is 0.782. The van der Waals surface area contributed by atoms with Gasteiger partial charge in [-0.25, -0.2) is 4.39 Å². The maximum absolute atomic E-state index is 13.1. The number of nitrogens with zero attached hydrogens (tertiary/aromatic N) is 2. The zero-order valence-corrected chi connectivity index (χ0v) is 12.4. The lowest BCUT2D eigenvalue weighted by Gasteiger charge is -2.16. The molecule has 0 aliphatic heterocycles. The Bertz CT molecular complexity index is 790. The van der Waals surface area contributed by atoms with Gasteiger partial charge < -0.3 is 14.3 Å². The van der Waals surface area contributed by atoms with Gasteiger partial charge in [-0.3, -0.25) is 0 Å². The first kappa shape index (κ1) is 15.2. The molecule has 3 rings (SSSR count). The van der Waals surface area contributed by atoms with Crippen LogP contribution in [-0.4, -0.2) is 21.9 Å². The summed E-state index contributed by atoms with van der Waals surface area (Å²) in [7, 11) is 0. The summed E-state index contributed by atoms with van der Waals surface area (Å²) in [5.74, 6) is 0.532. The van der Waals surface area contributed by atoms with Crippen molar-refractivity contribution in [2.45, 2.75) is 13.0 Å². The van der Waals surface area contributed by atoms with Crippen LogP contribution in [0.2, 0.25) is 0 Å². The molecule has 6 heteroatoms. The number of aromatic nitrogens is 2. The lowest BCUT2D eigenvalue weighted by atomic mass is 10.0. The van der Waals surface area contributed by atoms with Crippen molar-refractivity contribution >= 4 is 0 Å². The van der Waals surface area contributed by atoms with E-state index in [-0.39, 0.29) is 12.4 Å². The molecule has 5 nitrogen and oxygen atoms in total. The Morgan fingerprint density at radius 1 is 1.26 bits per heavy atom. The second-order valence-electron chi connectivity index (χ2n) is 5.07. The minimum atomic E-state index is -0.869. The smallest absolute Gasteiger partial charge is 0.251 e. The second-order valence-corrected chi connectivity index (χ2v) is 5.07. The standard InChI is InChI=1S/C17H15FN2O3/c1-11-8-12(18)6-7-13(11)15(21)9-22-16-5-3-2-4-14(16)17-20-19-10-23-17/h2-8,10,15,21H,9H2,1H3. The Hall–Kier alpha value is -2.73. The van der Waals surface area contributed by atoms with E-state index in [1.165, 1.54) is 18.5 Å². The van der Waals surface area contributed by atoms with Gasteiger partial charge in [-0.1, -0.05) is 18.2 Å². The van der Waals surface area contributed by atoms with Gasteiger partial charge in [0, 0.05) is 0 Å². The van der Waals surface area contributed by atoms with Gasteiger partial charge >= 0.3 is 0 Å². The summed E-state index contributed by atoms with van der Waals surface area (Å²) in [6, 6.07) is 11.4. The molecule has 1 N–H and O–H groups in total. The van der Waals surface area contributed by atoms with Crippen LogP contribution in [0.3, 0.4) is 0 Å². The van der Waals surface area contributed by atoms with Crippen LogP contribution in [0.15, 0.2) is 53.3 Å². The molecule has 1 atom stereocenters. The summed E-state index contributed by atoms with van der Waals surface area (Å²) in [6.45, 7) is 1.77. The lowest BCUT2D eigenvalue weighted by molar-refractivity contribution is 0.108. The van der Waals surface area contributed by atoms with Crippen molar-refractivity contribution in [1.29, 1.82) is 0 Å². The number of aliphatic hydroxyl groups is 1. The van der Waals surface area contributed by atoms with Crippen LogP contribution in [0, 0.1) is 12.7 Å². The van der Waals surface area contributed by atoms with Crippen LogP contribution < -0.4 is 4.74 Å². The third-order valence-electron chi connectivity index (χ3n) is 3.47. The number of hydrogen-bond acceptors (Lipinski definition) is 5. The maximum atomic E-state index is 13.1. The predicted octanol–water partition coefficient (Wildman–Crippen LogP) is 3.30. The third kappa shape index (κ3) is 3.37. The van der Waals surface area contributed by atoms with Crippen molar-refractivity contribution in [3.05, 3.63) is 65.8 Å². The second kappa shape index (κ2) is 6.58. The fraction of sp³-hybridized carbons (Fsp3) is 0.176. The van der Waals surface area contributed by atoms with Gasteiger partial charge in [0.2, 0.25) is 6.39 Å². The molecular weight excluding hydrogens is 299 g/mol. The van der Waals surface area contributed by atoms with Crippen LogP contribution in [0.4, 0.5) is 4.39 Å². The van der Waals surface area contributed by atoms with Gasteiger partial charge in [0.05, 0.1) is 5.56 Å². The van der Waals surface area contributed by atoms with E-state index in [0.29, 0.717) is 28.3 Å². The van der Waals surface area contributed by atoms with E-state index in [1.54, 1.807) is 25.1 Å². The molecule has 0 radical (unpaired) electrons. The van der Waals surface area contributed by atoms with Gasteiger partial charge in [-0.05, 0) is 42.3 Å². The number of halogens is 1. The molecule has 0 saturated carbocycles. The molecule has 0 spiro atoms. The summed E-state index contributed by atoms with van der Waals surface area (Å²) < 4.78 is 24.0.